The van der Waals surface area contributed by atoms with Crippen LogP contribution in [0.25, 0.3) is 0 Å². The van der Waals surface area contributed by atoms with Gasteiger partial charge in [-0.1, -0.05) is 23.7 Å². The molecule has 1 aliphatic heterocycles. The summed E-state index contributed by atoms with van der Waals surface area (Å²) < 4.78 is 0. The van der Waals surface area contributed by atoms with Crippen molar-refractivity contribution in [2.45, 2.75) is 6.04 Å². The molecular formula is C11H13ClN2O2. The maximum Gasteiger partial charge on any atom is 0.322 e. The molecular weight excluding hydrogens is 228 g/mol. The lowest BCUT2D eigenvalue weighted by molar-refractivity contribution is -0.139. The molecule has 0 spiro atoms. The van der Waals surface area contributed by atoms with E-state index >= 15 is 0 Å². The Morgan fingerprint density at radius 2 is 2.25 bits per heavy atom. The van der Waals surface area contributed by atoms with E-state index in [1.54, 1.807) is 0 Å². The molecule has 0 aromatic heterocycles. The Hall–Kier alpha value is -1.26. The molecule has 2 rings (SSSR count). The van der Waals surface area contributed by atoms with Gasteiger partial charge in [-0.05, 0) is 12.1 Å². The first-order valence-electron chi connectivity index (χ1n) is 5.14. The highest BCUT2D eigenvalue weighted by molar-refractivity contribution is 6.33. The quantitative estimate of drug-likeness (QED) is 0.816. The summed E-state index contributed by atoms with van der Waals surface area (Å²) in [5, 5.41) is 12.6. The van der Waals surface area contributed by atoms with E-state index in [-0.39, 0.29) is 0 Å². The second-order valence-corrected chi connectivity index (χ2v) is 4.15. The van der Waals surface area contributed by atoms with Crippen molar-refractivity contribution in [3.63, 3.8) is 0 Å². The van der Waals surface area contributed by atoms with E-state index in [0.717, 1.165) is 12.2 Å². The summed E-state index contributed by atoms with van der Waals surface area (Å²) in [6.45, 7) is 1.87. The SMILES string of the molecule is O=C(O)C1CN(c2ccccc2Cl)CCN1. The van der Waals surface area contributed by atoms with Gasteiger partial charge in [-0.2, -0.15) is 0 Å². The van der Waals surface area contributed by atoms with E-state index < -0.39 is 12.0 Å². The van der Waals surface area contributed by atoms with E-state index in [0.29, 0.717) is 18.1 Å². The molecule has 0 amide bonds. The number of hydrogen-bond donors (Lipinski definition) is 2. The average Bonchev–Trinajstić information content (AvgIpc) is 2.30. The molecule has 0 saturated carbocycles. The van der Waals surface area contributed by atoms with Crippen LogP contribution in [-0.2, 0) is 4.79 Å². The lowest BCUT2D eigenvalue weighted by atomic mass is 10.2. The number of aliphatic carboxylic acids is 1. The smallest absolute Gasteiger partial charge is 0.322 e. The Bertz CT molecular complexity index is 397. The Morgan fingerprint density at radius 3 is 2.94 bits per heavy atom. The van der Waals surface area contributed by atoms with Crippen LogP contribution >= 0.6 is 11.6 Å². The largest absolute Gasteiger partial charge is 0.480 e. The minimum atomic E-state index is -0.822. The van der Waals surface area contributed by atoms with Crippen LogP contribution in [0.5, 0.6) is 0 Å². The van der Waals surface area contributed by atoms with E-state index in [2.05, 4.69) is 5.32 Å². The molecule has 1 heterocycles. The van der Waals surface area contributed by atoms with E-state index in [1.807, 2.05) is 29.2 Å². The van der Waals surface area contributed by atoms with Gasteiger partial charge in [0.2, 0.25) is 0 Å². The molecule has 1 atom stereocenters. The van der Waals surface area contributed by atoms with Crippen LogP contribution in [0.1, 0.15) is 0 Å². The number of carboxylic acid groups (broad SMARTS) is 1. The number of carbonyl (C=O) groups is 1. The van der Waals surface area contributed by atoms with Crippen LogP contribution in [0.3, 0.4) is 0 Å². The lowest BCUT2D eigenvalue weighted by Crippen LogP contribution is -2.54. The summed E-state index contributed by atoms with van der Waals surface area (Å²) in [6, 6.07) is 6.97. The van der Waals surface area contributed by atoms with Gasteiger partial charge in [0, 0.05) is 19.6 Å². The monoisotopic (exact) mass is 240 g/mol. The number of nitrogens with one attached hydrogen (secondary N) is 1. The molecule has 86 valence electrons. The molecule has 0 aliphatic carbocycles. The van der Waals surface area contributed by atoms with Gasteiger partial charge in [0.1, 0.15) is 6.04 Å². The number of carboxylic acids is 1. The zero-order valence-corrected chi connectivity index (χ0v) is 9.44. The van der Waals surface area contributed by atoms with Crippen molar-refractivity contribution in [2.24, 2.45) is 0 Å². The van der Waals surface area contributed by atoms with Crippen molar-refractivity contribution in [1.29, 1.82) is 0 Å². The number of para-hydroxylation sites is 1. The summed E-state index contributed by atoms with van der Waals surface area (Å²) in [6.07, 6.45) is 0. The summed E-state index contributed by atoms with van der Waals surface area (Å²) in [7, 11) is 0. The average molecular weight is 241 g/mol. The number of rotatable bonds is 2. The summed E-state index contributed by atoms with van der Waals surface area (Å²) in [5.74, 6) is -0.822. The van der Waals surface area contributed by atoms with Crippen molar-refractivity contribution in [2.75, 3.05) is 24.5 Å². The van der Waals surface area contributed by atoms with Crippen molar-refractivity contribution in [3.05, 3.63) is 29.3 Å². The predicted molar refractivity (Wildman–Crippen MR) is 63.1 cm³/mol. The molecule has 1 aliphatic rings. The number of halogens is 1. The standard InChI is InChI=1S/C11H13ClN2O2/c12-8-3-1-2-4-10(8)14-6-5-13-9(7-14)11(15)16/h1-4,9,13H,5-7H2,(H,15,16). The molecule has 1 unspecified atom stereocenters. The Labute approximate surface area is 98.8 Å². The second kappa shape index (κ2) is 4.72. The molecule has 2 N–H and O–H groups in total. The van der Waals surface area contributed by atoms with Crippen molar-refractivity contribution in [1.82, 2.24) is 5.32 Å². The number of piperazine rings is 1. The zero-order chi connectivity index (χ0) is 11.5. The van der Waals surface area contributed by atoms with Gasteiger partial charge in [-0.15, -0.1) is 0 Å². The summed E-state index contributed by atoms with van der Waals surface area (Å²) in [5.41, 5.74) is 0.900. The van der Waals surface area contributed by atoms with Gasteiger partial charge in [-0.25, -0.2) is 0 Å². The molecule has 0 radical (unpaired) electrons. The first kappa shape index (κ1) is 11.2. The molecule has 16 heavy (non-hydrogen) atoms. The maximum absolute atomic E-state index is 10.9. The summed E-state index contributed by atoms with van der Waals surface area (Å²) >= 11 is 6.08. The van der Waals surface area contributed by atoms with Crippen LogP contribution in [-0.4, -0.2) is 36.8 Å². The highest BCUT2D eigenvalue weighted by Crippen LogP contribution is 2.25. The van der Waals surface area contributed by atoms with E-state index in [9.17, 15) is 4.79 Å². The minimum Gasteiger partial charge on any atom is -0.480 e. The van der Waals surface area contributed by atoms with Gasteiger partial charge >= 0.3 is 5.97 Å². The predicted octanol–water partition coefficient (Wildman–Crippen LogP) is 1.20. The number of benzene rings is 1. The topological polar surface area (TPSA) is 52.6 Å². The third-order valence-corrected chi connectivity index (χ3v) is 2.99. The first-order chi connectivity index (χ1) is 7.68. The number of anilines is 1. The fraction of sp³-hybridized carbons (Fsp3) is 0.364. The molecule has 1 saturated heterocycles. The van der Waals surface area contributed by atoms with Gasteiger partial charge in [0.05, 0.1) is 10.7 Å². The zero-order valence-electron chi connectivity index (χ0n) is 8.69. The number of hydrogen-bond acceptors (Lipinski definition) is 3. The minimum absolute atomic E-state index is 0.444. The van der Waals surface area contributed by atoms with E-state index in [4.69, 9.17) is 16.7 Å². The van der Waals surface area contributed by atoms with Crippen LogP contribution in [0.2, 0.25) is 5.02 Å². The Kier molecular flexibility index (Phi) is 3.31. The van der Waals surface area contributed by atoms with Crippen LogP contribution in [0.15, 0.2) is 24.3 Å². The van der Waals surface area contributed by atoms with Gasteiger partial charge < -0.3 is 15.3 Å². The fourth-order valence-corrected chi connectivity index (χ4v) is 2.10. The van der Waals surface area contributed by atoms with E-state index in [1.165, 1.54) is 0 Å². The van der Waals surface area contributed by atoms with Gasteiger partial charge in [0.15, 0.2) is 0 Å². The van der Waals surface area contributed by atoms with Crippen molar-refractivity contribution >= 4 is 23.3 Å². The maximum atomic E-state index is 10.9. The van der Waals surface area contributed by atoms with Gasteiger partial charge in [0.25, 0.3) is 0 Å². The molecule has 1 fully saturated rings. The molecule has 1 aromatic carbocycles. The molecule has 4 nitrogen and oxygen atoms in total. The van der Waals surface area contributed by atoms with Crippen molar-refractivity contribution < 1.29 is 9.90 Å². The highest BCUT2D eigenvalue weighted by Gasteiger charge is 2.25. The van der Waals surface area contributed by atoms with Gasteiger partial charge in [-0.3, -0.25) is 4.79 Å². The Balaban J connectivity index is 2.16. The normalized spacial score (nSPS) is 20.8. The van der Waals surface area contributed by atoms with Crippen molar-refractivity contribution in [3.8, 4) is 0 Å². The third-order valence-electron chi connectivity index (χ3n) is 2.67. The third kappa shape index (κ3) is 2.28. The molecule has 1 aromatic rings. The second-order valence-electron chi connectivity index (χ2n) is 3.74. The van der Waals surface area contributed by atoms with Crippen LogP contribution < -0.4 is 10.2 Å². The highest BCUT2D eigenvalue weighted by atomic mass is 35.5. The van der Waals surface area contributed by atoms with Crippen LogP contribution in [0, 0.1) is 0 Å². The first-order valence-corrected chi connectivity index (χ1v) is 5.52. The summed E-state index contributed by atoms with van der Waals surface area (Å²) in [4.78, 5) is 12.9. The number of nitrogens with zero attached hydrogens (tertiary/aromatic N) is 1. The lowest BCUT2D eigenvalue weighted by Gasteiger charge is -2.33. The molecule has 5 heteroatoms. The van der Waals surface area contributed by atoms with Crippen LogP contribution in [0.4, 0.5) is 5.69 Å². The Morgan fingerprint density at radius 1 is 1.50 bits per heavy atom. The fourth-order valence-electron chi connectivity index (χ4n) is 1.84. The molecule has 0 bridgehead atoms.